The number of methoxy groups -OCH3 is 1. The molecule has 0 unspecified atom stereocenters. The van der Waals surface area contributed by atoms with Crippen molar-refractivity contribution in [2.75, 3.05) is 20.3 Å². The molecule has 0 aliphatic heterocycles. The normalized spacial score (nSPS) is 11.7. The van der Waals surface area contributed by atoms with E-state index in [1.807, 2.05) is 0 Å². The van der Waals surface area contributed by atoms with Crippen LogP contribution in [0.25, 0.3) is 0 Å². The molecule has 0 rings (SSSR count). The first-order chi connectivity index (χ1) is 8.01. The summed E-state index contributed by atoms with van der Waals surface area (Å²) in [5.41, 5.74) is 0. The van der Waals surface area contributed by atoms with Gasteiger partial charge in [-0.15, -0.1) is 0 Å². The van der Waals surface area contributed by atoms with Crippen LogP contribution in [0.5, 0.6) is 0 Å². The second-order valence-corrected chi connectivity index (χ2v) is 3.52. The molecule has 0 saturated carbocycles. The Morgan fingerprint density at radius 1 is 1.29 bits per heavy atom. The molecule has 0 spiro atoms. The molecule has 98 valence electrons. The molecule has 1 amide bonds. The van der Waals surface area contributed by atoms with E-state index in [0.29, 0.717) is 6.61 Å². The number of Topliss-reactive ketones (excluding diaryl/α,β-unsaturated/α-hetero) is 1. The van der Waals surface area contributed by atoms with Crippen LogP contribution in [0.4, 0.5) is 0 Å². The third kappa shape index (κ3) is 7.46. The van der Waals surface area contributed by atoms with Gasteiger partial charge in [-0.1, -0.05) is 0 Å². The van der Waals surface area contributed by atoms with Gasteiger partial charge in [0, 0.05) is 13.0 Å². The molecule has 1 N–H and O–H groups in total. The SMILES string of the molecule is CCOCC(=O)N[C@@H](CCC(C)=O)C(=O)OC. The highest BCUT2D eigenvalue weighted by molar-refractivity contribution is 5.85. The van der Waals surface area contributed by atoms with E-state index in [9.17, 15) is 14.4 Å². The summed E-state index contributed by atoms with van der Waals surface area (Å²) < 4.78 is 9.45. The van der Waals surface area contributed by atoms with E-state index in [4.69, 9.17) is 4.74 Å². The van der Waals surface area contributed by atoms with Crippen molar-refractivity contribution in [3.63, 3.8) is 0 Å². The quantitative estimate of drug-likeness (QED) is 0.611. The molecular formula is C11H19NO5. The maximum absolute atomic E-state index is 11.3. The van der Waals surface area contributed by atoms with Crippen LogP contribution in [0.1, 0.15) is 26.7 Å². The summed E-state index contributed by atoms with van der Waals surface area (Å²) in [5, 5.41) is 2.47. The van der Waals surface area contributed by atoms with Crippen LogP contribution in [0, 0.1) is 0 Å². The molecule has 6 nitrogen and oxygen atoms in total. The van der Waals surface area contributed by atoms with Crippen molar-refractivity contribution in [3.8, 4) is 0 Å². The molecule has 0 aliphatic carbocycles. The Bertz CT molecular complexity index is 277. The molecule has 0 saturated heterocycles. The van der Waals surface area contributed by atoms with Crippen molar-refractivity contribution >= 4 is 17.7 Å². The fraction of sp³-hybridized carbons (Fsp3) is 0.727. The van der Waals surface area contributed by atoms with E-state index in [-0.39, 0.29) is 25.2 Å². The number of carbonyl (C=O) groups excluding carboxylic acids is 3. The molecule has 0 aromatic heterocycles. The van der Waals surface area contributed by atoms with Crippen LogP contribution >= 0.6 is 0 Å². The highest BCUT2D eigenvalue weighted by Gasteiger charge is 2.21. The fourth-order valence-electron chi connectivity index (χ4n) is 1.17. The molecule has 0 radical (unpaired) electrons. The number of rotatable bonds is 8. The molecule has 0 fully saturated rings. The van der Waals surface area contributed by atoms with Gasteiger partial charge < -0.3 is 19.6 Å². The third-order valence-corrected chi connectivity index (χ3v) is 2.04. The van der Waals surface area contributed by atoms with Crippen LogP contribution in [0.3, 0.4) is 0 Å². The first kappa shape index (κ1) is 15.6. The first-order valence-electron chi connectivity index (χ1n) is 5.45. The van der Waals surface area contributed by atoms with Crippen LogP contribution in [0.15, 0.2) is 0 Å². The lowest BCUT2D eigenvalue weighted by molar-refractivity contribution is -0.146. The predicted octanol–water partition coefficient (Wildman–Crippen LogP) is 0.0499. The van der Waals surface area contributed by atoms with Crippen molar-refractivity contribution in [2.45, 2.75) is 32.7 Å². The first-order valence-corrected chi connectivity index (χ1v) is 5.45. The maximum Gasteiger partial charge on any atom is 0.328 e. The molecule has 0 aromatic carbocycles. The predicted molar refractivity (Wildman–Crippen MR) is 60.4 cm³/mol. The number of nitrogens with one attached hydrogen (secondary N) is 1. The van der Waals surface area contributed by atoms with Gasteiger partial charge >= 0.3 is 5.97 Å². The zero-order valence-electron chi connectivity index (χ0n) is 10.4. The van der Waals surface area contributed by atoms with Gasteiger partial charge in [-0.05, 0) is 20.3 Å². The van der Waals surface area contributed by atoms with E-state index >= 15 is 0 Å². The third-order valence-electron chi connectivity index (χ3n) is 2.04. The zero-order chi connectivity index (χ0) is 13.3. The minimum absolute atomic E-state index is 0.0436. The smallest absolute Gasteiger partial charge is 0.328 e. The van der Waals surface area contributed by atoms with E-state index < -0.39 is 17.9 Å². The van der Waals surface area contributed by atoms with E-state index in [1.54, 1.807) is 6.92 Å². The summed E-state index contributed by atoms with van der Waals surface area (Å²) in [4.78, 5) is 33.5. The summed E-state index contributed by atoms with van der Waals surface area (Å²) in [6, 6.07) is -0.795. The van der Waals surface area contributed by atoms with E-state index in [2.05, 4.69) is 10.1 Å². The van der Waals surface area contributed by atoms with Gasteiger partial charge in [0.25, 0.3) is 0 Å². The molecule has 0 aromatic rings. The molecule has 17 heavy (non-hydrogen) atoms. The second-order valence-electron chi connectivity index (χ2n) is 3.52. The van der Waals surface area contributed by atoms with Crippen molar-refractivity contribution in [2.24, 2.45) is 0 Å². The Hall–Kier alpha value is -1.43. The summed E-state index contributed by atoms with van der Waals surface area (Å²) >= 11 is 0. The minimum atomic E-state index is -0.795. The lowest BCUT2D eigenvalue weighted by Crippen LogP contribution is -2.43. The Morgan fingerprint density at radius 2 is 1.94 bits per heavy atom. The molecule has 1 atom stereocenters. The zero-order valence-corrected chi connectivity index (χ0v) is 10.4. The summed E-state index contributed by atoms with van der Waals surface area (Å²) in [5.74, 6) is -1.00. The lowest BCUT2D eigenvalue weighted by atomic mass is 10.1. The number of carbonyl (C=O) groups is 3. The van der Waals surface area contributed by atoms with Gasteiger partial charge in [0.2, 0.25) is 5.91 Å². The Balaban J connectivity index is 4.22. The average Bonchev–Trinajstić information content (AvgIpc) is 2.30. The van der Waals surface area contributed by atoms with Gasteiger partial charge in [-0.2, -0.15) is 0 Å². The minimum Gasteiger partial charge on any atom is -0.467 e. The van der Waals surface area contributed by atoms with E-state index in [0.717, 1.165) is 0 Å². The highest BCUT2D eigenvalue weighted by Crippen LogP contribution is 2.00. The molecule has 0 heterocycles. The van der Waals surface area contributed by atoms with E-state index in [1.165, 1.54) is 14.0 Å². The number of hydrogen-bond acceptors (Lipinski definition) is 5. The molecular weight excluding hydrogens is 226 g/mol. The van der Waals surface area contributed by atoms with Crippen LogP contribution in [0.2, 0.25) is 0 Å². The van der Waals surface area contributed by atoms with Gasteiger partial charge in [0.05, 0.1) is 7.11 Å². The molecule has 0 aliphatic rings. The number of esters is 1. The van der Waals surface area contributed by atoms with Crippen LogP contribution in [-0.4, -0.2) is 44.0 Å². The van der Waals surface area contributed by atoms with Gasteiger partial charge in [0.15, 0.2) is 0 Å². The van der Waals surface area contributed by atoms with Gasteiger partial charge in [0.1, 0.15) is 18.4 Å². The Kier molecular flexibility index (Phi) is 7.96. The monoisotopic (exact) mass is 245 g/mol. The van der Waals surface area contributed by atoms with Crippen LogP contribution < -0.4 is 5.32 Å². The molecule has 0 bridgehead atoms. The number of ketones is 1. The highest BCUT2D eigenvalue weighted by atomic mass is 16.5. The lowest BCUT2D eigenvalue weighted by Gasteiger charge is -2.15. The molecule has 6 heteroatoms. The average molecular weight is 245 g/mol. The van der Waals surface area contributed by atoms with Gasteiger partial charge in [-0.25, -0.2) is 4.79 Å². The summed E-state index contributed by atoms with van der Waals surface area (Å²) in [6.07, 6.45) is 0.453. The largest absolute Gasteiger partial charge is 0.467 e. The topological polar surface area (TPSA) is 81.7 Å². The Morgan fingerprint density at radius 3 is 2.41 bits per heavy atom. The Labute approximate surface area is 101 Å². The summed E-state index contributed by atoms with van der Waals surface area (Å²) in [7, 11) is 1.23. The number of hydrogen-bond donors (Lipinski definition) is 1. The summed E-state index contributed by atoms with van der Waals surface area (Å²) in [6.45, 7) is 3.50. The van der Waals surface area contributed by atoms with Crippen molar-refractivity contribution < 1.29 is 23.9 Å². The van der Waals surface area contributed by atoms with Crippen molar-refractivity contribution in [1.82, 2.24) is 5.32 Å². The number of ether oxygens (including phenoxy) is 2. The standard InChI is InChI=1S/C11H19NO5/c1-4-17-7-10(14)12-9(11(15)16-3)6-5-8(2)13/h9H,4-7H2,1-3H3,(H,12,14)/t9-/m0/s1. The maximum atomic E-state index is 11.3. The second kappa shape index (κ2) is 8.69. The fourth-order valence-corrected chi connectivity index (χ4v) is 1.17. The van der Waals surface area contributed by atoms with Crippen molar-refractivity contribution in [1.29, 1.82) is 0 Å². The van der Waals surface area contributed by atoms with Crippen LogP contribution in [-0.2, 0) is 23.9 Å². The van der Waals surface area contributed by atoms with Gasteiger partial charge in [-0.3, -0.25) is 4.79 Å². The van der Waals surface area contributed by atoms with Crippen molar-refractivity contribution in [3.05, 3.63) is 0 Å². The number of amides is 1.